The molecule has 1 unspecified atom stereocenters. The lowest BCUT2D eigenvalue weighted by atomic mass is 9.95. The first-order chi connectivity index (χ1) is 8.72. The van der Waals surface area contributed by atoms with Crippen LogP contribution in [0.2, 0.25) is 0 Å². The standard InChI is InChI=1S/C12H20N4OS/c13-6-11-8-18-9-15(11)12(17)7-16(14)10-4-2-1-3-5-10/h10-11H,1-5,7-9,14H2. The van der Waals surface area contributed by atoms with Crippen molar-refractivity contribution in [3.63, 3.8) is 0 Å². The number of nitrogens with zero attached hydrogens (tertiary/aromatic N) is 3. The van der Waals surface area contributed by atoms with Crippen molar-refractivity contribution in [3.8, 4) is 6.07 Å². The molecule has 2 rings (SSSR count). The number of nitrogens with two attached hydrogens (primary N) is 1. The zero-order valence-corrected chi connectivity index (χ0v) is 11.4. The average Bonchev–Trinajstić information content (AvgIpc) is 2.88. The minimum absolute atomic E-state index is 0.0142. The summed E-state index contributed by atoms with van der Waals surface area (Å²) in [5, 5.41) is 10.6. The van der Waals surface area contributed by atoms with Gasteiger partial charge in [-0.05, 0) is 12.8 Å². The van der Waals surface area contributed by atoms with E-state index in [2.05, 4.69) is 6.07 Å². The van der Waals surface area contributed by atoms with Crippen LogP contribution in [0.3, 0.4) is 0 Å². The fourth-order valence-corrected chi connectivity index (χ4v) is 3.69. The number of nitriles is 1. The summed E-state index contributed by atoms with van der Waals surface area (Å²) in [5.41, 5.74) is 0. The van der Waals surface area contributed by atoms with E-state index in [4.69, 9.17) is 11.1 Å². The highest BCUT2D eigenvalue weighted by atomic mass is 32.2. The van der Waals surface area contributed by atoms with Gasteiger partial charge in [-0.3, -0.25) is 10.6 Å². The van der Waals surface area contributed by atoms with Crippen molar-refractivity contribution in [2.24, 2.45) is 5.84 Å². The maximum Gasteiger partial charge on any atom is 0.239 e. The van der Waals surface area contributed by atoms with E-state index in [1.165, 1.54) is 19.3 Å². The van der Waals surface area contributed by atoms with E-state index in [0.29, 0.717) is 11.9 Å². The van der Waals surface area contributed by atoms with Crippen LogP contribution in [0.5, 0.6) is 0 Å². The van der Waals surface area contributed by atoms with Gasteiger partial charge in [-0.2, -0.15) is 5.26 Å². The Morgan fingerprint density at radius 1 is 1.44 bits per heavy atom. The zero-order valence-electron chi connectivity index (χ0n) is 10.5. The van der Waals surface area contributed by atoms with Crippen LogP contribution in [-0.4, -0.2) is 46.1 Å². The topological polar surface area (TPSA) is 73.4 Å². The van der Waals surface area contributed by atoms with Gasteiger partial charge in [0.15, 0.2) is 0 Å². The van der Waals surface area contributed by atoms with Crippen LogP contribution >= 0.6 is 11.8 Å². The molecule has 0 aromatic rings. The van der Waals surface area contributed by atoms with Crippen molar-refractivity contribution >= 4 is 17.7 Å². The van der Waals surface area contributed by atoms with E-state index in [-0.39, 0.29) is 18.5 Å². The SMILES string of the molecule is N#CC1CSCN1C(=O)CN(N)C1CCCCC1. The summed E-state index contributed by atoms with van der Waals surface area (Å²) in [4.78, 5) is 13.8. The Kier molecular flexibility index (Phi) is 4.87. The highest BCUT2D eigenvalue weighted by Crippen LogP contribution is 2.23. The lowest BCUT2D eigenvalue weighted by Crippen LogP contribution is -2.49. The van der Waals surface area contributed by atoms with Gasteiger partial charge in [-0.25, -0.2) is 5.01 Å². The quantitative estimate of drug-likeness (QED) is 0.608. The van der Waals surface area contributed by atoms with Gasteiger partial charge < -0.3 is 4.90 Å². The molecule has 0 spiro atoms. The molecule has 1 saturated carbocycles. The second-order valence-corrected chi connectivity index (χ2v) is 5.97. The molecule has 1 amide bonds. The molecule has 0 aromatic carbocycles. The molecule has 100 valence electrons. The molecule has 5 nitrogen and oxygen atoms in total. The summed E-state index contributed by atoms with van der Waals surface area (Å²) < 4.78 is 0. The van der Waals surface area contributed by atoms with Crippen LogP contribution < -0.4 is 5.84 Å². The van der Waals surface area contributed by atoms with E-state index >= 15 is 0 Å². The van der Waals surface area contributed by atoms with Crippen molar-refractivity contribution in [1.29, 1.82) is 5.26 Å². The Morgan fingerprint density at radius 3 is 2.83 bits per heavy atom. The van der Waals surface area contributed by atoms with Gasteiger partial charge in [0.05, 0.1) is 18.5 Å². The second kappa shape index (κ2) is 6.41. The van der Waals surface area contributed by atoms with Gasteiger partial charge in [-0.15, -0.1) is 11.8 Å². The number of amides is 1. The summed E-state index contributed by atoms with van der Waals surface area (Å²) in [7, 11) is 0. The Morgan fingerprint density at radius 2 is 2.17 bits per heavy atom. The third kappa shape index (κ3) is 3.16. The second-order valence-electron chi connectivity index (χ2n) is 4.97. The van der Waals surface area contributed by atoms with Crippen LogP contribution in [0.1, 0.15) is 32.1 Å². The van der Waals surface area contributed by atoms with Crippen molar-refractivity contribution in [2.45, 2.75) is 44.2 Å². The first-order valence-electron chi connectivity index (χ1n) is 6.50. The maximum atomic E-state index is 12.1. The van der Waals surface area contributed by atoms with Gasteiger partial charge in [0.1, 0.15) is 6.04 Å². The lowest BCUT2D eigenvalue weighted by Gasteiger charge is -2.31. The molecule has 1 saturated heterocycles. The average molecular weight is 268 g/mol. The maximum absolute atomic E-state index is 12.1. The summed E-state index contributed by atoms with van der Waals surface area (Å²) >= 11 is 1.63. The summed E-state index contributed by atoms with van der Waals surface area (Å²) in [6.07, 6.45) is 5.85. The minimum Gasteiger partial charge on any atom is -0.315 e. The molecule has 0 bridgehead atoms. The molecule has 0 radical (unpaired) electrons. The first-order valence-corrected chi connectivity index (χ1v) is 7.66. The molecule has 2 N–H and O–H groups in total. The van der Waals surface area contributed by atoms with Crippen molar-refractivity contribution in [1.82, 2.24) is 9.91 Å². The fraction of sp³-hybridized carbons (Fsp3) is 0.833. The number of hydrazine groups is 1. The summed E-state index contributed by atoms with van der Waals surface area (Å²) in [5.74, 6) is 7.32. The summed E-state index contributed by atoms with van der Waals surface area (Å²) in [6.45, 7) is 0.239. The minimum atomic E-state index is -0.276. The van der Waals surface area contributed by atoms with E-state index in [9.17, 15) is 4.79 Å². The Labute approximate surface area is 112 Å². The molecule has 1 aliphatic heterocycles. The smallest absolute Gasteiger partial charge is 0.239 e. The van der Waals surface area contributed by atoms with Crippen molar-refractivity contribution < 1.29 is 4.79 Å². The van der Waals surface area contributed by atoms with Crippen LogP contribution in [0.25, 0.3) is 0 Å². The van der Waals surface area contributed by atoms with Gasteiger partial charge >= 0.3 is 0 Å². The monoisotopic (exact) mass is 268 g/mol. The first kappa shape index (κ1) is 13.7. The van der Waals surface area contributed by atoms with Gasteiger partial charge in [0, 0.05) is 11.8 Å². The molecule has 1 aliphatic carbocycles. The fourth-order valence-electron chi connectivity index (χ4n) is 2.58. The zero-order chi connectivity index (χ0) is 13.0. The molecule has 18 heavy (non-hydrogen) atoms. The van der Waals surface area contributed by atoms with Gasteiger partial charge in [-0.1, -0.05) is 19.3 Å². The number of hydrogen-bond acceptors (Lipinski definition) is 5. The van der Waals surface area contributed by atoms with E-state index < -0.39 is 0 Å². The van der Waals surface area contributed by atoms with Crippen LogP contribution in [0.15, 0.2) is 0 Å². The third-order valence-corrected chi connectivity index (χ3v) is 4.73. The van der Waals surface area contributed by atoms with Gasteiger partial charge in [0.25, 0.3) is 0 Å². The van der Waals surface area contributed by atoms with Crippen LogP contribution in [0, 0.1) is 11.3 Å². The Hall–Kier alpha value is -0.770. The van der Waals surface area contributed by atoms with Gasteiger partial charge in [0.2, 0.25) is 5.91 Å². The molecule has 2 aliphatic rings. The molecule has 1 heterocycles. The Bertz CT molecular complexity index is 337. The molecule has 1 atom stereocenters. The predicted octanol–water partition coefficient (Wildman–Crippen LogP) is 0.920. The van der Waals surface area contributed by atoms with E-state index in [1.807, 2.05) is 0 Å². The van der Waals surface area contributed by atoms with E-state index in [0.717, 1.165) is 18.6 Å². The highest BCUT2D eigenvalue weighted by Gasteiger charge is 2.30. The highest BCUT2D eigenvalue weighted by molar-refractivity contribution is 7.99. The molecule has 6 heteroatoms. The summed E-state index contributed by atoms with van der Waals surface area (Å²) in [6, 6.07) is 2.23. The molecule has 0 aromatic heterocycles. The largest absolute Gasteiger partial charge is 0.315 e. The predicted molar refractivity (Wildman–Crippen MR) is 71.3 cm³/mol. The van der Waals surface area contributed by atoms with E-state index in [1.54, 1.807) is 21.7 Å². The normalized spacial score (nSPS) is 25.4. The number of carbonyl (C=O) groups excluding carboxylic acids is 1. The number of thioether (sulfide) groups is 1. The molecular weight excluding hydrogens is 248 g/mol. The van der Waals surface area contributed by atoms with Crippen LogP contribution in [-0.2, 0) is 4.79 Å². The third-order valence-electron chi connectivity index (χ3n) is 3.71. The number of carbonyl (C=O) groups is 1. The number of hydrogen-bond donors (Lipinski definition) is 1. The molecular formula is C12H20N4OS. The van der Waals surface area contributed by atoms with Crippen LogP contribution in [0.4, 0.5) is 0 Å². The number of rotatable bonds is 3. The lowest BCUT2D eigenvalue weighted by molar-refractivity contribution is -0.132. The van der Waals surface area contributed by atoms with Crippen molar-refractivity contribution in [3.05, 3.63) is 0 Å². The Balaban J connectivity index is 1.84. The van der Waals surface area contributed by atoms with Crippen molar-refractivity contribution in [2.75, 3.05) is 18.2 Å². The molecule has 2 fully saturated rings.